The van der Waals surface area contributed by atoms with Crippen LogP contribution < -0.4 is 19.3 Å². The van der Waals surface area contributed by atoms with Crippen molar-refractivity contribution in [3.63, 3.8) is 0 Å². The van der Waals surface area contributed by atoms with Crippen molar-refractivity contribution in [1.82, 2.24) is 0 Å². The number of aryl methyl sites for hydroxylation is 2. The van der Waals surface area contributed by atoms with E-state index < -0.39 is 17.8 Å². The molecule has 0 atom stereocenters. The predicted octanol–water partition coefficient (Wildman–Crippen LogP) is 6.06. The Hall–Kier alpha value is -3.92. The first kappa shape index (κ1) is 26.2. The molecule has 1 saturated heterocycles. The number of carbonyl (C=O) groups is 3. The van der Waals surface area contributed by atoms with Gasteiger partial charge in [0.05, 0.1) is 22.1 Å². The maximum atomic E-state index is 13.7. The lowest BCUT2D eigenvalue weighted by atomic mass is 10.0. The molecule has 1 aliphatic heterocycles. The summed E-state index contributed by atoms with van der Waals surface area (Å²) in [5, 5.41) is 0. The van der Waals surface area contributed by atoms with E-state index in [-0.39, 0.29) is 5.57 Å². The summed E-state index contributed by atoms with van der Waals surface area (Å²) in [5.41, 5.74) is 2.67. The Morgan fingerprint density at radius 3 is 1.92 bits per heavy atom. The number of methoxy groups -OCH3 is 1. The van der Waals surface area contributed by atoms with Crippen molar-refractivity contribution in [2.24, 2.45) is 0 Å². The number of carbonyl (C=O) groups excluding carboxylic acids is 3. The fourth-order valence-corrected chi connectivity index (χ4v) is 4.84. The number of nitrogens with zero attached hydrogens (tertiary/aromatic N) is 2. The molecule has 7 nitrogen and oxygen atoms in total. The zero-order chi connectivity index (χ0) is 26.7. The van der Waals surface area contributed by atoms with Crippen molar-refractivity contribution in [1.29, 1.82) is 0 Å². The lowest BCUT2D eigenvalue weighted by Crippen LogP contribution is -2.57. The summed E-state index contributed by atoms with van der Waals surface area (Å²) < 4.78 is 11.9. The molecule has 3 aromatic rings. The first-order chi connectivity index (χ1) is 17.8. The Morgan fingerprint density at radius 1 is 0.892 bits per heavy atom. The highest BCUT2D eigenvalue weighted by atomic mass is 127. The molecule has 8 heteroatoms. The van der Waals surface area contributed by atoms with Crippen LogP contribution >= 0.6 is 22.6 Å². The van der Waals surface area contributed by atoms with E-state index in [1.165, 1.54) is 13.2 Å². The fourth-order valence-electron chi connectivity index (χ4n) is 4.06. The van der Waals surface area contributed by atoms with Gasteiger partial charge in [0, 0.05) is 0 Å². The average Bonchev–Trinajstić information content (AvgIpc) is 2.88. The summed E-state index contributed by atoms with van der Waals surface area (Å²) >= 11 is 2.10. The number of benzene rings is 3. The van der Waals surface area contributed by atoms with Gasteiger partial charge in [0.25, 0.3) is 11.8 Å². The standard InChI is InChI=1S/C29H25IN2O5/c1-5-14-37-26-22(30)16-20(17-25(26)36-4)15-21-27(33)31(23-12-8-6-10-18(23)2)29(35)32(28(21)34)24-13-9-7-11-19(24)3/h5-13,15-17H,1,14H2,2-4H3. The molecule has 0 radical (unpaired) electrons. The number of urea groups is 1. The van der Waals surface area contributed by atoms with Gasteiger partial charge in [-0.05, 0) is 83.5 Å². The van der Waals surface area contributed by atoms with E-state index in [0.29, 0.717) is 35.0 Å². The van der Waals surface area contributed by atoms with Crippen LogP contribution in [0.25, 0.3) is 6.08 Å². The smallest absolute Gasteiger partial charge is 0.343 e. The van der Waals surface area contributed by atoms with Gasteiger partial charge in [0.2, 0.25) is 0 Å². The van der Waals surface area contributed by atoms with Crippen LogP contribution in [0, 0.1) is 17.4 Å². The summed E-state index contributed by atoms with van der Waals surface area (Å²) in [6.45, 7) is 7.58. The topological polar surface area (TPSA) is 76.2 Å². The number of para-hydroxylation sites is 2. The summed E-state index contributed by atoms with van der Waals surface area (Å²) in [4.78, 5) is 43.3. The number of rotatable bonds is 7. The lowest BCUT2D eigenvalue weighted by Gasteiger charge is -2.35. The molecule has 37 heavy (non-hydrogen) atoms. The van der Waals surface area contributed by atoms with Gasteiger partial charge in [0.1, 0.15) is 12.2 Å². The van der Waals surface area contributed by atoms with Crippen LogP contribution in [0.1, 0.15) is 16.7 Å². The number of hydrogen-bond acceptors (Lipinski definition) is 5. The fraction of sp³-hybridized carbons (Fsp3) is 0.138. The Kier molecular flexibility index (Phi) is 7.77. The molecule has 1 heterocycles. The molecule has 188 valence electrons. The van der Waals surface area contributed by atoms with Crippen molar-refractivity contribution in [3.05, 3.63) is 99.2 Å². The number of imide groups is 2. The molecule has 0 aliphatic carbocycles. The number of amides is 4. The first-order valence-corrected chi connectivity index (χ1v) is 12.5. The highest BCUT2D eigenvalue weighted by molar-refractivity contribution is 14.1. The minimum absolute atomic E-state index is 0.149. The van der Waals surface area contributed by atoms with Crippen LogP contribution in [0.2, 0.25) is 0 Å². The SMILES string of the molecule is C=CCOc1c(I)cc(C=C2C(=O)N(c3ccccc3C)C(=O)N(c3ccccc3C)C2=O)cc1OC. The molecule has 0 saturated carbocycles. The molecule has 0 bridgehead atoms. The number of anilines is 2. The van der Waals surface area contributed by atoms with Crippen molar-refractivity contribution < 1.29 is 23.9 Å². The molecule has 0 N–H and O–H groups in total. The normalized spacial score (nSPS) is 13.6. The third kappa shape index (κ3) is 5.01. The molecular weight excluding hydrogens is 583 g/mol. The highest BCUT2D eigenvalue weighted by Crippen LogP contribution is 2.36. The molecule has 0 unspecified atom stereocenters. The monoisotopic (exact) mass is 608 g/mol. The second kappa shape index (κ2) is 11.0. The highest BCUT2D eigenvalue weighted by Gasteiger charge is 2.44. The first-order valence-electron chi connectivity index (χ1n) is 11.5. The van der Waals surface area contributed by atoms with Crippen LogP contribution in [-0.4, -0.2) is 31.6 Å². The van der Waals surface area contributed by atoms with Crippen LogP contribution in [0.4, 0.5) is 16.2 Å². The summed E-state index contributed by atoms with van der Waals surface area (Å²) in [6, 6.07) is 16.9. The molecular formula is C29H25IN2O5. The number of ether oxygens (including phenoxy) is 2. The number of halogens is 1. The molecule has 1 fully saturated rings. The lowest BCUT2D eigenvalue weighted by molar-refractivity contribution is -0.121. The van der Waals surface area contributed by atoms with E-state index in [1.54, 1.807) is 42.5 Å². The number of hydrogen-bond donors (Lipinski definition) is 0. The van der Waals surface area contributed by atoms with Gasteiger partial charge in [0.15, 0.2) is 11.5 Å². The molecule has 0 aromatic heterocycles. The quantitative estimate of drug-likeness (QED) is 0.141. The van der Waals surface area contributed by atoms with Gasteiger partial charge in [-0.1, -0.05) is 49.1 Å². The summed E-state index contributed by atoms with van der Waals surface area (Å²) in [7, 11) is 1.51. The summed E-state index contributed by atoms with van der Waals surface area (Å²) in [6.07, 6.45) is 3.11. The minimum atomic E-state index is -0.726. The van der Waals surface area contributed by atoms with Gasteiger partial charge in [-0.15, -0.1) is 0 Å². The van der Waals surface area contributed by atoms with Crippen molar-refractivity contribution >= 4 is 57.9 Å². The van der Waals surface area contributed by atoms with Gasteiger partial charge >= 0.3 is 6.03 Å². The van der Waals surface area contributed by atoms with E-state index in [9.17, 15) is 14.4 Å². The number of barbiturate groups is 1. The van der Waals surface area contributed by atoms with Crippen LogP contribution in [0.5, 0.6) is 11.5 Å². The maximum Gasteiger partial charge on any atom is 0.343 e. The van der Waals surface area contributed by atoms with Crippen LogP contribution in [-0.2, 0) is 9.59 Å². The third-order valence-electron chi connectivity index (χ3n) is 5.87. The van der Waals surface area contributed by atoms with E-state index in [0.717, 1.165) is 24.5 Å². The second-order valence-corrected chi connectivity index (χ2v) is 9.49. The Morgan fingerprint density at radius 2 is 1.43 bits per heavy atom. The largest absolute Gasteiger partial charge is 0.493 e. The van der Waals surface area contributed by atoms with Gasteiger partial charge in [-0.25, -0.2) is 14.6 Å². The molecule has 4 rings (SSSR count). The molecule has 0 spiro atoms. The van der Waals surface area contributed by atoms with E-state index in [4.69, 9.17) is 9.47 Å². The third-order valence-corrected chi connectivity index (χ3v) is 6.67. The minimum Gasteiger partial charge on any atom is -0.493 e. The Bertz CT molecular complexity index is 1380. The summed E-state index contributed by atoms with van der Waals surface area (Å²) in [5.74, 6) is -0.422. The molecule has 1 aliphatic rings. The van der Waals surface area contributed by atoms with Crippen LogP contribution in [0.15, 0.2) is 78.9 Å². The van der Waals surface area contributed by atoms with E-state index >= 15 is 0 Å². The predicted molar refractivity (Wildman–Crippen MR) is 152 cm³/mol. The van der Waals surface area contributed by atoms with Crippen molar-refractivity contribution in [2.45, 2.75) is 13.8 Å². The van der Waals surface area contributed by atoms with Crippen molar-refractivity contribution in [3.8, 4) is 11.5 Å². The van der Waals surface area contributed by atoms with Gasteiger partial charge < -0.3 is 9.47 Å². The van der Waals surface area contributed by atoms with Crippen molar-refractivity contribution in [2.75, 3.05) is 23.5 Å². The Balaban J connectivity index is 1.89. The second-order valence-electron chi connectivity index (χ2n) is 8.33. The van der Waals surface area contributed by atoms with E-state index in [1.807, 2.05) is 38.1 Å². The van der Waals surface area contributed by atoms with E-state index in [2.05, 4.69) is 29.2 Å². The van der Waals surface area contributed by atoms with Gasteiger partial charge in [-0.2, -0.15) is 0 Å². The Labute approximate surface area is 229 Å². The molecule has 4 amide bonds. The maximum absolute atomic E-state index is 13.7. The zero-order valence-electron chi connectivity index (χ0n) is 20.7. The zero-order valence-corrected chi connectivity index (χ0v) is 22.8. The average molecular weight is 608 g/mol. The molecule has 3 aromatic carbocycles. The van der Waals surface area contributed by atoms with Crippen LogP contribution in [0.3, 0.4) is 0 Å². The van der Waals surface area contributed by atoms with Gasteiger partial charge in [-0.3, -0.25) is 9.59 Å².